The maximum atomic E-state index is 9.14. The van der Waals surface area contributed by atoms with E-state index in [-0.39, 0.29) is 12.8 Å². The number of rotatable bonds is 0. The molecule has 1 rings (SSSR count). The van der Waals surface area contributed by atoms with Gasteiger partial charge in [0.05, 0.1) is 0 Å². The van der Waals surface area contributed by atoms with Gasteiger partial charge in [-0.25, -0.2) is 0 Å². The van der Waals surface area contributed by atoms with Crippen LogP contribution in [0.15, 0.2) is 0 Å². The lowest BCUT2D eigenvalue weighted by molar-refractivity contribution is -0.358. The zero-order chi connectivity index (χ0) is 8.54. The van der Waals surface area contributed by atoms with Crippen LogP contribution in [0.3, 0.4) is 0 Å². The van der Waals surface area contributed by atoms with E-state index in [2.05, 4.69) is 0 Å². The third kappa shape index (κ3) is 1.70. The van der Waals surface area contributed by atoms with E-state index in [1.165, 1.54) is 0 Å². The van der Waals surface area contributed by atoms with Gasteiger partial charge < -0.3 is 20.4 Å². The van der Waals surface area contributed by atoms with E-state index in [9.17, 15) is 0 Å². The fraction of sp³-hybridized carbons (Fsp3) is 1.00. The molecule has 66 valence electrons. The van der Waals surface area contributed by atoms with Gasteiger partial charge in [-0.15, -0.1) is 0 Å². The van der Waals surface area contributed by atoms with Crippen LogP contribution in [0, 0.1) is 0 Å². The van der Waals surface area contributed by atoms with E-state index in [4.69, 9.17) is 20.4 Å². The van der Waals surface area contributed by atoms with Crippen LogP contribution in [0.1, 0.15) is 32.1 Å². The van der Waals surface area contributed by atoms with Crippen LogP contribution in [0.2, 0.25) is 0 Å². The minimum Gasteiger partial charge on any atom is -0.361 e. The molecule has 1 fully saturated rings. The van der Waals surface area contributed by atoms with Gasteiger partial charge in [-0.2, -0.15) is 0 Å². The summed E-state index contributed by atoms with van der Waals surface area (Å²) in [6.07, 6.45) is 2.11. The molecule has 0 unspecified atom stereocenters. The second-order valence-corrected chi connectivity index (χ2v) is 3.19. The van der Waals surface area contributed by atoms with Crippen molar-refractivity contribution in [3.8, 4) is 0 Å². The Morgan fingerprint density at radius 1 is 0.636 bits per heavy atom. The summed E-state index contributed by atoms with van der Waals surface area (Å²) in [6.45, 7) is 0. The molecule has 0 amide bonds. The SMILES string of the molecule is OC1(O)CCCCCC1(O)O. The van der Waals surface area contributed by atoms with Gasteiger partial charge in [0.15, 0.2) is 0 Å². The summed E-state index contributed by atoms with van der Waals surface area (Å²) in [4.78, 5) is 0. The zero-order valence-corrected chi connectivity index (χ0v) is 6.32. The first-order valence-corrected chi connectivity index (χ1v) is 3.85. The first-order chi connectivity index (χ1) is 4.96. The molecule has 0 aromatic heterocycles. The average Bonchev–Trinajstić information content (AvgIpc) is 1.94. The smallest absolute Gasteiger partial charge is 0.218 e. The summed E-state index contributed by atoms with van der Waals surface area (Å²) in [5.41, 5.74) is 0. The van der Waals surface area contributed by atoms with Crippen LogP contribution < -0.4 is 0 Å². The van der Waals surface area contributed by atoms with Gasteiger partial charge in [0, 0.05) is 12.8 Å². The van der Waals surface area contributed by atoms with Gasteiger partial charge in [-0.1, -0.05) is 6.42 Å². The van der Waals surface area contributed by atoms with Crippen molar-refractivity contribution in [3.05, 3.63) is 0 Å². The fourth-order valence-electron chi connectivity index (χ4n) is 1.32. The average molecular weight is 162 g/mol. The zero-order valence-electron chi connectivity index (χ0n) is 6.32. The first kappa shape index (κ1) is 8.93. The largest absolute Gasteiger partial charge is 0.361 e. The molecule has 0 aromatic rings. The molecule has 0 aliphatic heterocycles. The molecule has 0 spiro atoms. The molecule has 4 nitrogen and oxygen atoms in total. The molecule has 0 heterocycles. The third-order valence-corrected chi connectivity index (χ3v) is 2.19. The van der Waals surface area contributed by atoms with Crippen molar-refractivity contribution in [2.24, 2.45) is 0 Å². The quantitative estimate of drug-likeness (QED) is 0.281. The second-order valence-electron chi connectivity index (χ2n) is 3.19. The summed E-state index contributed by atoms with van der Waals surface area (Å²) in [7, 11) is 0. The highest BCUT2D eigenvalue weighted by Gasteiger charge is 2.47. The normalized spacial score (nSPS) is 29.5. The standard InChI is InChI=1S/C7H14O4/c8-6(9)4-2-1-3-5-7(6,10)11/h8-11H,1-5H2. The van der Waals surface area contributed by atoms with Gasteiger partial charge in [-0.05, 0) is 12.8 Å². The topological polar surface area (TPSA) is 80.9 Å². The lowest BCUT2D eigenvalue weighted by atomic mass is 10.0. The van der Waals surface area contributed by atoms with E-state index in [0.29, 0.717) is 12.8 Å². The molecule has 0 saturated heterocycles. The summed E-state index contributed by atoms with van der Waals surface area (Å²) in [5, 5.41) is 36.6. The molecule has 1 aliphatic rings. The van der Waals surface area contributed by atoms with Crippen molar-refractivity contribution in [1.29, 1.82) is 0 Å². The maximum Gasteiger partial charge on any atom is 0.218 e. The lowest BCUT2D eigenvalue weighted by Crippen LogP contribution is -2.53. The monoisotopic (exact) mass is 162 g/mol. The van der Waals surface area contributed by atoms with Crippen molar-refractivity contribution in [2.75, 3.05) is 0 Å². The van der Waals surface area contributed by atoms with E-state index in [1.54, 1.807) is 0 Å². The molecule has 4 N–H and O–H groups in total. The van der Waals surface area contributed by atoms with E-state index in [1.807, 2.05) is 0 Å². The van der Waals surface area contributed by atoms with Crippen LogP contribution in [0.25, 0.3) is 0 Å². The van der Waals surface area contributed by atoms with Gasteiger partial charge in [-0.3, -0.25) is 0 Å². The van der Waals surface area contributed by atoms with Gasteiger partial charge in [0.2, 0.25) is 11.6 Å². The van der Waals surface area contributed by atoms with E-state index in [0.717, 1.165) is 6.42 Å². The van der Waals surface area contributed by atoms with Crippen LogP contribution in [-0.4, -0.2) is 32.0 Å². The van der Waals surface area contributed by atoms with E-state index < -0.39 is 11.6 Å². The lowest BCUT2D eigenvalue weighted by Gasteiger charge is -2.33. The highest BCUT2D eigenvalue weighted by Crippen LogP contribution is 2.31. The molecule has 1 aliphatic carbocycles. The van der Waals surface area contributed by atoms with Crippen LogP contribution in [0.5, 0.6) is 0 Å². The Morgan fingerprint density at radius 3 is 1.36 bits per heavy atom. The Morgan fingerprint density at radius 2 is 1.00 bits per heavy atom. The summed E-state index contributed by atoms with van der Waals surface area (Å²) < 4.78 is 0. The molecular formula is C7H14O4. The van der Waals surface area contributed by atoms with Gasteiger partial charge in [0.1, 0.15) is 0 Å². The van der Waals surface area contributed by atoms with Crippen molar-refractivity contribution in [3.63, 3.8) is 0 Å². The number of aliphatic hydroxyl groups is 4. The van der Waals surface area contributed by atoms with Crippen molar-refractivity contribution < 1.29 is 20.4 Å². The minimum atomic E-state index is -2.33. The molecule has 0 bridgehead atoms. The number of hydrogen-bond acceptors (Lipinski definition) is 4. The Balaban J connectivity index is 2.72. The highest BCUT2D eigenvalue weighted by atomic mass is 16.6. The first-order valence-electron chi connectivity index (χ1n) is 3.85. The molecule has 0 atom stereocenters. The fourth-order valence-corrected chi connectivity index (χ4v) is 1.32. The van der Waals surface area contributed by atoms with Gasteiger partial charge in [0.25, 0.3) is 0 Å². The Hall–Kier alpha value is -0.160. The molecule has 11 heavy (non-hydrogen) atoms. The Labute approximate surface area is 65.1 Å². The van der Waals surface area contributed by atoms with Crippen LogP contribution >= 0.6 is 0 Å². The molecular weight excluding hydrogens is 148 g/mol. The van der Waals surface area contributed by atoms with E-state index >= 15 is 0 Å². The summed E-state index contributed by atoms with van der Waals surface area (Å²) in [5.74, 6) is -4.66. The van der Waals surface area contributed by atoms with Gasteiger partial charge >= 0.3 is 0 Å². The molecule has 0 aromatic carbocycles. The molecule has 4 heteroatoms. The molecule has 1 saturated carbocycles. The number of hydrogen-bond donors (Lipinski definition) is 4. The second kappa shape index (κ2) is 2.71. The minimum absolute atomic E-state index is 0.0278. The van der Waals surface area contributed by atoms with Crippen LogP contribution in [-0.2, 0) is 0 Å². The highest BCUT2D eigenvalue weighted by molar-refractivity contribution is 4.84. The van der Waals surface area contributed by atoms with Crippen LogP contribution in [0.4, 0.5) is 0 Å². The Kier molecular flexibility index (Phi) is 2.20. The summed E-state index contributed by atoms with van der Waals surface area (Å²) in [6, 6.07) is 0. The summed E-state index contributed by atoms with van der Waals surface area (Å²) >= 11 is 0. The predicted molar refractivity (Wildman–Crippen MR) is 37.4 cm³/mol. The Bertz CT molecular complexity index is 125. The molecule has 0 radical (unpaired) electrons. The third-order valence-electron chi connectivity index (χ3n) is 2.19. The predicted octanol–water partition coefficient (Wildman–Crippen LogP) is -0.688. The van der Waals surface area contributed by atoms with Crippen molar-refractivity contribution >= 4 is 0 Å². The van der Waals surface area contributed by atoms with Crippen molar-refractivity contribution in [1.82, 2.24) is 0 Å². The van der Waals surface area contributed by atoms with Crippen molar-refractivity contribution in [2.45, 2.75) is 43.7 Å². The maximum absolute atomic E-state index is 9.14.